The summed E-state index contributed by atoms with van der Waals surface area (Å²) in [6.07, 6.45) is 3.88. The first kappa shape index (κ1) is 16.0. The number of nitrogens with one attached hydrogen (secondary N) is 1. The van der Waals surface area contributed by atoms with Crippen LogP contribution in [0.1, 0.15) is 46.0 Å². The molecular weight excluding hydrogens is 244 g/mol. The van der Waals surface area contributed by atoms with Crippen molar-refractivity contribution in [3.8, 4) is 0 Å². The van der Waals surface area contributed by atoms with Gasteiger partial charge in [0.1, 0.15) is 6.04 Å². The molecule has 1 amide bonds. The van der Waals surface area contributed by atoms with Crippen LogP contribution in [-0.2, 0) is 9.59 Å². The predicted molar refractivity (Wildman–Crippen MR) is 73.5 cm³/mol. The Morgan fingerprint density at radius 1 is 1.32 bits per heavy atom. The average Bonchev–Trinajstić information content (AvgIpc) is 3.14. The van der Waals surface area contributed by atoms with Crippen molar-refractivity contribution in [1.82, 2.24) is 5.32 Å². The number of hydrogen-bond acceptors (Lipinski definition) is 3. The molecule has 4 N–H and O–H groups in total. The maximum Gasteiger partial charge on any atom is 0.326 e. The van der Waals surface area contributed by atoms with E-state index in [2.05, 4.69) is 19.2 Å². The van der Waals surface area contributed by atoms with Gasteiger partial charge in [0, 0.05) is 6.42 Å². The number of hydrogen-bond donors (Lipinski definition) is 3. The van der Waals surface area contributed by atoms with Gasteiger partial charge in [-0.15, -0.1) is 0 Å². The molecule has 1 saturated carbocycles. The molecule has 0 saturated heterocycles. The molecule has 2 unspecified atom stereocenters. The third kappa shape index (κ3) is 5.59. The van der Waals surface area contributed by atoms with Gasteiger partial charge in [-0.1, -0.05) is 13.8 Å². The highest BCUT2D eigenvalue weighted by atomic mass is 16.4. The van der Waals surface area contributed by atoms with E-state index in [1.165, 1.54) is 0 Å². The third-order valence-electron chi connectivity index (χ3n) is 3.90. The summed E-state index contributed by atoms with van der Waals surface area (Å²) in [5, 5.41) is 11.7. The molecule has 5 nitrogen and oxygen atoms in total. The highest BCUT2D eigenvalue weighted by molar-refractivity contribution is 5.84. The molecule has 1 fully saturated rings. The lowest BCUT2D eigenvalue weighted by Crippen LogP contribution is -2.42. The molecule has 1 aliphatic carbocycles. The summed E-state index contributed by atoms with van der Waals surface area (Å²) in [6.45, 7) is 4.88. The molecule has 0 spiro atoms. The minimum absolute atomic E-state index is 0.131. The van der Waals surface area contributed by atoms with E-state index in [4.69, 9.17) is 10.8 Å². The first-order valence-electron chi connectivity index (χ1n) is 7.18. The van der Waals surface area contributed by atoms with Crippen LogP contribution in [-0.4, -0.2) is 29.6 Å². The lowest BCUT2D eigenvalue weighted by molar-refractivity contribution is -0.142. The van der Waals surface area contributed by atoms with Crippen LogP contribution in [0, 0.1) is 17.8 Å². The minimum atomic E-state index is -0.918. The van der Waals surface area contributed by atoms with Crippen molar-refractivity contribution in [2.24, 2.45) is 23.5 Å². The fourth-order valence-corrected chi connectivity index (χ4v) is 2.40. The predicted octanol–water partition coefficient (Wildman–Crippen LogP) is 1.37. The van der Waals surface area contributed by atoms with Gasteiger partial charge in [0.15, 0.2) is 0 Å². The number of carboxylic acids is 1. The number of nitrogens with two attached hydrogens (primary N) is 1. The van der Waals surface area contributed by atoms with E-state index < -0.39 is 12.0 Å². The van der Waals surface area contributed by atoms with Crippen LogP contribution in [0.5, 0.6) is 0 Å². The highest BCUT2D eigenvalue weighted by Gasteiger charge is 2.37. The van der Waals surface area contributed by atoms with Gasteiger partial charge >= 0.3 is 5.97 Å². The Hall–Kier alpha value is -1.10. The lowest BCUT2D eigenvalue weighted by atomic mass is 9.88. The second kappa shape index (κ2) is 7.48. The standard InChI is InChI=1S/C14H26N2O3/c1-9(2)10(7-8-15)5-6-12(17)16-13(14(18)19)11-3-4-11/h9-11,13H,3-8,15H2,1-2H3,(H,16,17)(H,18,19). The lowest BCUT2D eigenvalue weighted by Gasteiger charge is -2.20. The van der Waals surface area contributed by atoms with Gasteiger partial charge in [-0.3, -0.25) is 4.79 Å². The monoisotopic (exact) mass is 270 g/mol. The molecule has 19 heavy (non-hydrogen) atoms. The van der Waals surface area contributed by atoms with Gasteiger partial charge in [-0.25, -0.2) is 4.79 Å². The summed E-state index contributed by atoms with van der Waals surface area (Å²) in [5.74, 6) is -0.0124. The maximum absolute atomic E-state index is 11.8. The Labute approximate surface area is 114 Å². The van der Waals surface area contributed by atoms with Crippen LogP contribution in [0.2, 0.25) is 0 Å². The summed E-state index contributed by atoms with van der Waals surface area (Å²) < 4.78 is 0. The van der Waals surface area contributed by atoms with Crippen molar-refractivity contribution in [1.29, 1.82) is 0 Å². The molecule has 0 aromatic carbocycles. The second-order valence-electron chi connectivity index (χ2n) is 5.84. The fraction of sp³-hybridized carbons (Fsp3) is 0.857. The number of carbonyl (C=O) groups is 2. The van der Waals surface area contributed by atoms with Crippen LogP contribution in [0.3, 0.4) is 0 Å². The molecule has 0 bridgehead atoms. The van der Waals surface area contributed by atoms with Crippen LogP contribution in [0.4, 0.5) is 0 Å². The zero-order chi connectivity index (χ0) is 14.4. The average molecular weight is 270 g/mol. The van der Waals surface area contributed by atoms with Gasteiger partial charge in [-0.05, 0) is 50.0 Å². The molecule has 1 aliphatic rings. The topological polar surface area (TPSA) is 92.4 Å². The number of amides is 1. The van der Waals surface area contributed by atoms with Gasteiger partial charge in [0.05, 0.1) is 0 Å². The quantitative estimate of drug-likeness (QED) is 0.590. The second-order valence-corrected chi connectivity index (χ2v) is 5.84. The maximum atomic E-state index is 11.8. The van der Waals surface area contributed by atoms with Gasteiger partial charge in [0.2, 0.25) is 5.91 Å². The van der Waals surface area contributed by atoms with Crippen molar-refractivity contribution in [3.63, 3.8) is 0 Å². The number of rotatable bonds is 9. The van der Waals surface area contributed by atoms with Crippen molar-refractivity contribution < 1.29 is 14.7 Å². The van der Waals surface area contributed by atoms with Crippen molar-refractivity contribution in [2.45, 2.75) is 52.0 Å². The third-order valence-corrected chi connectivity index (χ3v) is 3.90. The van der Waals surface area contributed by atoms with E-state index in [0.717, 1.165) is 25.7 Å². The van der Waals surface area contributed by atoms with E-state index in [9.17, 15) is 9.59 Å². The van der Waals surface area contributed by atoms with Crippen molar-refractivity contribution in [3.05, 3.63) is 0 Å². The molecule has 110 valence electrons. The minimum Gasteiger partial charge on any atom is -0.480 e. The fourth-order valence-electron chi connectivity index (χ4n) is 2.40. The molecule has 1 rings (SSSR count). The van der Waals surface area contributed by atoms with E-state index in [1.54, 1.807) is 0 Å². The molecule has 2 atom stereocenters. The van der Waals surface area contributed by atoms with Crippen molar-refractivity contribution in [2.75, 3.05) is 6.54 Å². The SMILES string of the molecule is CC(C)C(CCN)CCC(=O)NC(C(=O)O)C1CC1. The highest BCUT2D eigenvalue weighted by Crippen LogP contribution is 2.32. The largest absolute Gasteiger partial charge is 0.480 e. The molecule has 0 aliphatic heterocycles. The van der Waals surface area contributed by atoms with E-state index in [0.29, 0.717) is 24.8 Å². The van der Waals surface area contributed by atoms with Crippen LogP contribution in [0.15, 0.2) is 0 Å². The molecule has 0 heterocycles. The molecule has 5 heteroatoms. The van der Waals surface area contributed by atoms with Gasteiger partial charge in [0.25, 0.3) is 0 Å². The Morgan fingerprint density at radius 3 is 2.37 bits per heavy atom. The summed E-state index contributed by atoms with van der Waals surface area (Å²) in [4.78, 5) is 22.8. The molecule has 0 aromatic rings. The van der Waals surface area contributed by atoms with E-state index in [1.807, 2.05) is 0 Å². The Kier molecular flexibility index (Phi) is 6.28. The Balaban J connectivity index is 2.35. The van der Waals surface area contributed by atoms with Crippen LogP contribution < -0.4 is 11.1 Å². The Morgan fingerprint density at radius 2 is 1.95 bits per heavy atom. The van der Waals surface area contributed by atoms with Crippen LogP contribution in [0.25, 0.3) is 0 Å². The Bertz CT molecular complexity index is 314. The summed E-state index contributed by atoms with van der Waals surface area (Å²) in [6, 6.07) is -0.695. The zero-order valence-electron chi connectivity index (χ0n) is 11.9. The molecular formula is C14H26N2O3. The van der Waals surface area contributed by atoms with E-state index in [-0.39, 0.29) is 11.8 Å². The zero-order valence-corrected chi connectivity index (χ0v) is 11.9. The molecule has 0 aromatic heterocycles. The van der Waals surface area contributed by atoms with Gasteiger partial charge < -0.3 is 16.2 Å². The van der Waals surface area contributed by atoms with Gasteiger partial charge in [-0.2, -0.15) is 0 Å². The normalized spacial score (nSPS) is 18.1. The first-order valence-corrected chi connectivity index (χ1v) is 7.18. The number of aliphatic carboxylic acids is 1. The smallest absolute Gasteiger partial charge is 0.326 e. The first-order chi connectivity index (χ1) is 8.95. The van der Waals surface area contributed by atoms with E-state index >= 15 is 0 Å². The number of carbonyl (C=O) groups excluding carboxylic acids is 1. The summed E-state index contributed by atoms with van der Waals surface area (Å²) in [5.41, 5.74) is 5.56. The van der Waals surface area contributed by atoms with Crippen LogP contribution >= 0.6 is 0 Å². The number of carboxylic acid groups (broad SMARTS) is 1. The molecule has 0 radical (unpaired) electrons. The summed E-state index contributed by atoms with van der Waals surface area (Å²) >= 11 is 0. The summed E-state index contributed by atoms with van der Waals surface area (Å²) in [7, 11) is 0. The van der Waals surface area contributed by atoms with Crippen molar-refractivity contribution >= 4 is 11.9 Å².